The first kappa shape index (κ1) is 13.6. The van der Waals surface area contributed by atoms with Gasteiger partial charge in [-0.3, -0.25) is 13.8 Å². The summed E-state index contributed by atoms with van der Waals surface area (Å²) >= 11 is 0. The number of amides is 1. The van der Waals surface area contributed by atoms with E-state index in [4.69, 9.17) is 9.05 Å². The van der Waals surface area contributed by atoms with Gasteiger partial charge in [-0.15, -0.1) is 0 Å². The van der Waals surface area contributed by atoms with Crippen LogP contribution in [-0.4, -0.2) is 25.3 Å². The van der Waals surface area contributed by atoms with Gasteiger partial charge < -0.3 is 0 Å². The average molecular weight is 255 g/mol. The van der Waals surface area contributed by atoms with Gasteiger partial charge in [0.2, 0.25) is 6.41 Å². The molecule has 0 aliphatic heterocycles. The molecule has 0 unspecified atom stereocenters. The number of benzene rings is 1. The van der Waals surface area contributed by atoms with Crippen molar-refractivity contribution in [3.05, 3.63) is 42.5 Å². The Morgan fingerprint density at radius 1 is 1.29 bits per heavy atom. The van der Waals surface area contributed by atoms with Crippen molar-refractivity contribution in [2.45, 2.75) is 0 Å². The SMILES string of the molecule is C=C(c1ccccc1)N(C=O)P(=O)(OC)OC. The standard InChI is InChI=1S/C11H14NO4P/c1-10(11-7-5-4-6-8-11)12(9-13)17(14,15-2)16-3/h4-9H,1H2,2-3H3. The maximum absolute atomic E-state index is 12.1. The molecular formula is C11H14NO4P. The lowest BCUT2D eigenvalue weighted by Gasteiger charge is -2.25. The fourth-order valence-corrected chi connectivity index (χ4v) is 2.31. The lowest BCUT2D eigenvalue weighted by molar-refractivity contribution is -0.113. The molecule has 0 radical (unpaired) electrons. The second-order valence-electron chi connectivity index (χ2n) is 3.10. The molecule has 1 aromatic carbocycles. The van der Waals surface area contributed by atoms with Gasteiger partial charge in [0.1, 0.15) is 0 Å². The van der Waals surface area contributed by atoms with E-state index in [0.717, 1.165) is 4.67 Å². The smallest absolute Gasteiger partial charge is 0.295 e. The Kier molecular flexibility index (Phi) is 4.63. The minimum absolute atomic E-state index is 0.257. The molecule has 6 heteroatoms. The van der Waals surface area contributed by atoms with Crippen LogP contribution in [0.25, 0.3) is 5.70 Å². The van der Waals surface area contributed by atoms with Crippen LogP contribution in [0.1, 0.15) is 5.56 Å². The molecule has 0 fully saturated rings. The minimum atomic E-state index is -3.65. The van der Waals surface area contributed by atoms with Crippen molar-refractivity contribution in [1.82, 2.24) is 4.67 Å². The zero-order valence-electron chi connectivity index (χ0n) is 9.70. The van der Waals surface area contributed by atoms with Crippen LogP contribution in [0.15, 0.2) is 36.9 Å². The summed E-state index contributed by atoms with van der Waals surface area (Å²) in [4.78, 5) is 11.0. The lowest BCUT2D eigenvalue weighted by Crippen LogP contribution is -2.18. The number of hydrogen-bond donors (Lipinski definition) is 0. The molecule has 0 bridgehead atoms. The highest BCUT2D eigenvalue weighted by Crippen LogP contribution is 2.52. The molecule has 0 saturated heterocycles. The van der Waals surface area contributed by atoms with Gasteiger partial charge in [0.25, 0.3) is 0 Å². The van der Waals surface area contributed by atoms with Gasteiger partial charge in [-0.2, -0.15) is 0 Å². The molecule has 5 nitrogen and oxygen atoms in total. The Balaban J connectivity index is 3.08. The summed E-state index contributed by atoms with van der Waals surface area (Å²) in [6.45, 7) is 3.72. The van der Waals surface area contributed by atoms with Crippen molar-refractivity contribution < 1.29 is 18.4 Å². The van der Waals surface area contributed by atoms with Crippen LogP contribution in [0.3, 0.4) is 0 Å². The summed E-state index contributed by atoms with van der Waals surface area (Å²) in [5.74, 6) is 0. The first-order valence-electron chi connectivity index (χ1n) is 4.80. The van der Waals surface area contributed by atoms with E-state index in [-0.39, 0.29) is 5.70 Å². The monoisotopic (exact) mass is 255 g/mol. The number of carbonyl (C=O) groups excluding carboxylic acids is 1. The molecule has 0 atom stereocenters. The second-order valence-corrected chi connectivity index (χ2v) is 5.19. The third-order valence-corrected chi connectivity index (χ3v) is 4.00. The Morgan fingerprint density at radius 2 is 1.82 bits per heavy atom. The molecule has 0 heterocycles. The maximum atomic E-state index is 12.1. The third-order valence-electron chi connectivity index (χ3n) is 2.21. The predicted molar refractivity (Wildman–Crippen MR) is 65.0 cm³/mol. The van der Waals surface area contributed by atoms with E-state index in [2.05, 4.69) is 6.58 Å². The summed E-state index contributed by atoms with van der Waals surface area (Å²) in [5.41, 5.74) is 0.918. The second kappa shape index (κ2) is 5.77. The lowest BCUT2D eigenvalue weighted by atomic mass is 10.2. The van der Waals surface area contributed by atoms with Gasteiger partial charge in [0.15, 0.2) is 0 Å². The average Bonchev–Trinajstić information content (AvgIpc) is 2.40. The van der Waals surface area contributed by atoms with Crippen molar-refractivity contribution in [3.8, 4) is 0 Å². The Bertz CT molecular complexity index is 438. The molecule has 0 spiro atoms. The molecule has 0 N–H and O–H groups in total. The predicted octanol–water partition coefficient (Wildman–Crippen LogP) is 2.52. The summed E-state index contributed by atoms with van der Waals surface area (Å²) in [6.07, 6.45) is 0.378. The molecule has 1 rings (SSSR count). The zero-order valence-corrected chi connectivity index (χ0v) is 10.6. The molecule has 1 amide bonds. The first-order valence-corrected chi connectivity index (χ1v) is 6.29. The van der Waals surface area contributed by atoms with Gasteiger partial charge in [0.05, 0.1) is 5.70 Å². The van der Waals surface area contributed by atoms with Gasteiger partial charge >= 0.3 is 7.75 Å². The van der Waals surface area contributed by atoms with Crippen molar-refractivity contribution in [2.75, 3.05) is 14.2 Å². The van der Waals surface area contributed by atoms with Crippen LogP contribution in [0, 0.1) is 0 Å². The van der Waals surface area contributed by atoms with Gasteiger partial charge in [-0.05, 0) is 5.56 Å². The Hall–Kier alpha value is -1.42. The van der Waals surface area contributed by atoms with Gasteiger partial charge in [0, 0.05) is 14.2 Å². The normalized spacial score (nSPS) is 10.9. The Morgan fingerprint density at radius 3 is 2.24 bits per heavy atom. The van der Waals surface area contributed by atoms with Crippen LogP contribution in [-0.2, 0) is 18.4 Å². The van der Waals surface area contributed by atoms with Crippen molar-refractivity contribution in [2.24, 2.45) is 0 Å². The topological polar surface area (TPSA) is 55.8 Å². The van der Waals surface area contributed by atoms with E-state index in [0.29, 0.717) is 12.0 Å². The molecule has 1 aromatic rings. The van der Waals surface area contributed by atoms with E-state index >= 15 is 0 Å². The highest BCUT2D eigenvalue weighted by Gasteiger charge is 2.32. The first-order chi connectivity index (χ1) is 8.09. The van der Waals surface area contributed by atoms with Gasteiger partial charge in [-0.25, -0.2) is 9.24 Å². The highest BCUT2D eigenvalue weighted by atomic mass is 31.2. The maximum Gasteiger partial charge on any atom is 0.441 e. The van der Waals surface area contributed by atoms with Crippen LogP contribution >= 0.6 is 7.75 Å². The molecule has 0 aromatic heterocycles. The minimum Gasteiger partial charge on any atom is -0.295 e. The van der Waals surface area contributed by atoms with Crippen LogP contribution in [0.2, 0.25) is 0 Å². The molecule has 17 heavy (non-hydrogen) atoms. The van der Waals surface area contributed by atoms with Crippen molar-refractivity contribution in [3.63, 3.8) is 0 Å². The summed E-state index contributed by atoms with van der Waals surface area (Å²) in [6, 6.07) is 8.89. The largest absolute Gasteiger partial charge is 0.441 e. The third kappa shape index (κ3) is 2.82. The van der Waals surface area contributed by atoms with Gasteiger partial charge in [-0.1, -0.05) is 36.9 Å². The van der Waals surface area contributed by atoms with Crippen molar-refractivity contribution in [1.29, 1.82) is 0 Å². The number of nitrogens with zero attached hydrogens (tertiary/aromatic N) is 1. The number of rotatable bonds is 6. The van der Waals surface area contributed by atoms with E-state index in [1.165, 1.54) is 14.2 Å². The number of carbonyl (C=O) groups is 1. The van der Waals surface area contributed by atoms with E-state index in [9.17, 15) is 9.36 Å². The number of hydrogen-bond acceptors (Lipinski definition) is 4. The summed E-state index contributed by atoms with van der Waals surface area (Å²) < 4.78 is 22.4. The quantitative estimate of drug-likeness (QED) is 0.579. The molecular weight excluding hydrogens is 241 g/mol. The summed E-state index contributed by atoms with van der Waals surface area (Å²) in [5, 5.41) is 0. The zero-order chi connectivity index (χ0) is 12.9. The van der Waals surface area contributed by atoms with Crippen LogP contribution in [0.4, 0.5) is 0 Å². The summed E-state index contributed by atoms with van der Waals surface area (Å²) in [7, 11) is -1.23. The molecule has 0 saturated carbocycles. The highest BCUT2D eigenvalue weighted by molar-refractivity contribution is 7.52. The van der Waals surface area contributed by atoms with E-state index < -0.39 is 7.75 Å². The van der Waals surface area contributed by atoms with Crippen LogP contribution in [0.5, 0.6) is 0 Å². The van der Waals surface area contributed by atoms with E-state index in [1.54, 1.807) is 24.3 Å². The van der Waals surface area contributed by atoms with Crippen LogP contribution < -0.4 is 0 Å². The molecule has 0 aliphatic carbocycles. The fraction of sp³-hybridized carbons (Fsp3) is 0.182. The molecule has 0 aliphatic rings. The van der Waals surface area contributed by atoms with Crippen molar-refractivity contribution >= 4 is 19.9 Å². The van der Waals surface area contributed by atoms with E-state index in [1.807, 2.05) is 6.07 Å². The fourth-order valence-electron chi connectivity index (χ4n) is 1.28. The molecule has 92 valence electrons. The Labute approximate surface area is 100 Å².